The van der Waals surface area contributed by atoms with E-state index in [-0.39, 0.29) is 23.8 Å². The summed E-state index contributed by atoms with van der Waals surface area (Å²) in [6.07, 6.45) is 10.2. The highest BCUT2D eigenvalue weighted by Gasteiger charge is 2.25. The molecule has 0 bridgehead atoms. The summed E-state index contributed by atoms with van der Waals surface area (Å²) in [6.45, 7) is 0.716. The van der Waals surface area contributed by atoms with Crippen LogP contribution in [0.15, 0.2) is 54.6 Å². The molecule has 45 heavy (non-hydrogen) atoms. The lowest BCUT2D eigenvalue weighted by molar-refractivity contribution is -0.119. The molecule has 1 aliphatic heterocycles. The van der Waals surface area contributed by atoms with E-state index in [1.54, 1.807) is 50.6 Å². The number of anilines is 1. The second kappa shape index (κ2) is 15.6. The van der Waals surface area contributed by atoms with Gasteiger partial charge in [-0.3, -0.25) is 9.59 Å². The third kappa shape index (κ3) is 8.56. The summed E-state index contributed by atoms with van der Waals surface area (Å²) in [4.78, 5) is 23.9. The van der Waals surface area contributed by atoms with Gasteiger partial charge in [-0.2, -0.15) is 0 Å². The Balaban J connectivity index is 0.000000182. The molecule has 1 heterocycles. The van der Waals surface area contributed by atoms with Crippen LogP contribution < -0.4 is 29.6 Å². The van der Waals surface area contributed by atoms with Gasteiger partial charge >= 0.3 is 0 Å². The van der Waals surface area contributed by atoms with Gasteiger partial charge < -0.3 is 29.6 Å². The maximum absolute atomic E-state index is 12.6. The van der Waals surface area contributed by atoms with E-state index < -0.39 is 0 Å². The number of carbonyl (C=O) groups is 2. The molecule has 10 heteroatoms. The van der Waals surface area contributed by atoms with E-state index in [1.165, 1.54) is 12.8 Å². The number of benzene rings is 3. The summed E-state index contributed by atoms with van der Waals surface area (Å²) >= 11 is 12.2. The van der Waals surface area contributed by atoms with Crippen LogP contribution in [0.3, 0.4) is 0 Å². The van der Waals surface area contributed by atoms with Gasteiger partial charge in [0.25, 0.3) is 5.91 Å². The Morgan fingerprint density at radius 3 is 1.87 bits per heavy atom. The van der Waals surface area contributed by atoms with Crippen molar-refractivity contribution in [2.24, 2.45) is 0 Å². The molecule has 8 nitrogen and oxygen atoms in total. The summed E-state index contributed by atoms with van der Waals surface area (Å²) in [7, 11) is 3.25. The van der Waals surface area contributed by atoms with Gasteiger partial charge in [0.2, 0.25) is 5.91 Å². The number of methoxy groups -OCH3 is 2. The molecule has 3 aromatic carbocycles. The molecule has 0 radical (unpaired) electrons. The molecule has 2 aliphatic carbocycles. The Labute approximate surface area is 274 Å². The average Bonchev–Trinajstić information content (AvgIpc) is 3.84. The van der Waals surface area contributed by atoms with Crippen LogP contribution in [-0.2, 0) is 4.79 Å². The van der Waals surface area contributed by atoms with Crippen LogP contribution >= 0.6 is 23.2 Å². The van der Waals surface area contributed by atoms with Crippen molar-refractivity contribution in [1.82, 2.24) is 5.32 Å². The summed E-state index contributed by atoms with van der Waals surface area (Å²) in [5, 5.41) is 6.40. The molecule has 2 amide bonds. The van der Waals surface area contributed by atoms with E-state index in [1.807, 2.05) is 18.2 Å². The van der Waals surface area contributed by atoms with Gasteiger partial charge in [0.05, 0.1) is 42.2 Å². The molecular weight excluding hydrogens is 615 g/mol. The highest BCUT2D eigenvalue weighted by atomic mass is 35.5. The van der Waals surface area contributed by atoms with E-state index in [2.05, 4.69) is 10.6 Å². The molecule has 1 atom stereocenters. The van der Waals surface area contributed by atoms with E-state index in [0.717, 1.165) is 55.6 Å². The standard InChI is InChI=1S/C19H19Cl2NO3.C16H21NO3/c1-24-16-10-9-12(11-17(16)25-13-5-2-3-6-13)19(23)22-18-14(20)7-4-8-15(18)21;1-19-14-7-6-11(12-9-16(18)17-10-12)8-15(14)20-13-4-2-3-5-13/h4,7-11,13H,2-3,5-6H2,1H3,(H,22,23);6-8,12-13H,2-5,9-10H2,1H3,(H,17,18). The largest absolute Gasteiger partial charge is 0.493 e. The Morgan fingerprint density at radius 2 is 1.33 bits per heavy atom. The minimum atomic E-state index is -0.311. The number of rotatable bonds is 9. The first-order valence-corrected chi connectivity index (χ1v) is 16.3. The number of carbonyl (C=O) groups excluding carboxylic acids is 2. The molecular formula is C35H40Cl2N2O6. The number of amides is 2. The second-order valence-corrected chi connectivity index (χ2v) is 12.4. The van der Waals surface area contributed by atoms with E-state index >= 15 is 0 Å². The highest BCUT2D eigenvalue weighted by molar-refractivity contribution is 6.40. The topological polar surface area (TPSA) is 95.1 Å². The lowest BCUT2D eigenvalue weighted by Gasteiger charge is -2.18. The van der Waals surface area contributed by atoms with Crippen LogP contribution in [0.2, 0.25) is 10.0 Å². The Morgan fingerprint density at radius 1 is 0.778 bits per heavy atom. The summed E-state index contributed by atoms with van der Waals surface area (Å²) in [5.41, 5.74) is 1.99. The normalized spacial score (nSPS) is 18.1. The van der Waals surface area contributed by atoms with Crippen LogP contribution in [0.25, 0.3) is 0 Å². The van der Waals surface area contributed by atoms with Crippen molar-refractivity contribution in [1.29, 1.82) is 0 Å². The zero-order valence-electron chi connectivity index (χ0n) is 25.7. The molecule has 1 unspecified atom stereocenters. The van der Waals surface area contributed by atoms with Crippen LogP contribution in [0.4, 0.5) is 5.69 Å². The molecule has 6 rings (SSSR count). The SMILES string of the molecule is COc1ccc(C(=O)Nc2c(Cl)cccc2Cl)cc1OC1CCCC1.COc1ccc(C2CNC(=O)C2)cc1OC1CCCC1. The van der Waals surface area contributed by atoms with Gasteiger partial charge in [0, 0.05) is 24.4 Å². The first kappa shape index (κ1) is 32.8. The van der Waals surface area contributed by atoms with Crippen molar-refractivity contribution in [3.05, 3.63) is 75.8 Å². The highest BCUT2D eigenvalue weighted by Crippen LogP contribution is 2.36. The van der Waals surface area contributed by atoms with Crippen molar-refractivity contribution < 1.29 is 28.5 Å². The van der Waals surface area contributed by atoms with E-state index in [0.29, 0.717) is 51.9 Å². The molecule has 2 saturated carbocycles. The van der Waals surface area contributed by atoms with Gasteiger partial charge in [-0.25, -0.2) is 0 Å². The molecule has 2 N–H and O–H groups in total. The van der Waals surface area contributed by atoms with E-state index in [4.69, 9.17) is 42.1 Å². The maximum atomic E-state index is 12.6. The lowest BCUT2D eigenvalue weighted by Crippen LogP contribution is -2.15. The number of hydrogen-bond donors (Lipinski definition) is 2. The fourth-order valence-corrected chi connectivity index (χ4v) is 6.46. The van der Waals surface area contributed by atoms with Crippen LogP contribution in [0.1, 0.15) is 79.6 Å². The fraction of sp³-hybridized carbons (Fsp3) is 0.429. The second-order valence-electron chi connectivity index (χ2n) is 11.6. The molecule has 3 fully saturated rings. The van der Waals surface area contributed by atoms with Gasteiger partial charge in [0.15, 0.2) is 23.0 Å². The Kier molecular flexibility index (Phi) is 11.3. The van der Waals surface area contributed by atoms with Gasteiger partial charge in [-0.1, -0.05) is 35.3 Å². The van der Waals surface area contributed by atoms with E-state index in [9.17, 15) is 9.59 Å². The smallest absolute Gasteiger partial charge is 0.255 e. The molecule has 240 valence electrons. The maximum Gasteiger partial charge on any atom is 0.255 e. The zero-order valence-corrected chi connectivity index (χ0v) is 27.2. The minimum Gasteiger partial charge on any atom is -0.493 e. The van der Waals surface area contributed by atoms with Crippen molar-refractivity contribution in [3.8, 4) is 23.0 Å². The van der Waals surface area contributed by atoms with Gasteiger partial charge in [0.1, 0.15) is 0 Å². The first-order chi connectivity index (χ1) is 21.8. The number of ether oxygens (including phenoxy) is 4. The molecule has 0 aromatic heterocycles. The molecule has 3 aliphatic rings. The molecule has 1 saturated heterocycles. The predicted molar refractivity (Wildman–Crippen MR) is 177 cm³/mol. The van der Waals surface area contributed by atoms with Crippen LogP contribution in [0, 0.1) is 0 Å². The molecule has 3 aromatic rings. The van der Waals surface area contributed by atoms with Crippen LogP contribution in [0.5, 0.6) is 23.0 Å². The van der Waals surface area contributed by atoms with Crippen LogP contribution in [-0.4, -0.2) is 44.8 Å². The predicted octanol–water partition coefficient (Wildman–Crippen LogP) is 8.20. The third-order valence-electron chi connectivity index (χ3n) is 8.46. The summed E-state index contributed by atoms with van der Waals surface area (Å²) < 4.78 is 22.9. The summed E-state index contributed by atoms with van der Waals surface area (Å²) in [5.74, 6) is 2.85. The molecule has 0 spiro atoms. The lowest BCUT2D eigenvalue weighted by atomic mass is 9.98. The monoisotopic (exact) mass is 654 g/mol. The first-order valence-electron chi connectivity index (χ1n) is 15.6. The van der Waals surface area contributed by atoms with Crippen molar-refractivity contribution in [3.63, 3.8) is 0 Å². The van der Waals surface area contributed by atoms with Crippen molar-refractivity contribution in [2.45, 2.75) is 75.9 Å². The Bertz CT molecular complexity index is 1470. The number of nitrogens with one attached hydrogen (secondary N) is 2. The van der Waals surface area contributed by atoms with Crippen molar-refractivity contribution in [2.75, 3.05) is 26.1 Å². The minimum absolute atomic E-state index is 0.129. The number of para-hydroxylation sites is 1. The third-order valence-corrected chi connectivity index (χ3v) is 9.09. The van der Waals surface area contributed by atoms with Gasteiger partial charge in [-0.05, 0) is 99.4 Å². The van der Waals surface area contributed by atoms with Gasteiger partial charge in [-0.15, -0.1) is 0 Å². The average molecular weight is 656 g/mol. The Hall–Kier alpha value is -3.62. The van der Waals surface area contributed by atoms with Crippen molar-refractivity contribution >= 4 is 40.7 Å². The zero-order chi connectivity index (χ0) is 31.8. The number of halogens is 2. The summed E-state index contributed by atoms with van der Waals surface area (Å²) in [6, 6.07) is 16.2. The fourth-order valence-electron chi connectivity index (χ4n) is 5.96. The quantitative estimate of drug-likeness (QED) is 0.241. The number of hydrogen-bond acceptors (Lipinski definition) is 6.